The van der Waals surface area contributed by atoms with Gasteiger partial charge >= 0.3 is 0 Å². The van der Waals surface area contributed by atoms with Gasteiger partial charge in [0.05, 0.1) is 5.56 Å². The van der Waals surface area contributed by atoms with Crippen molar-refractivity contribution < 1.29 is 9.53 Å². The third-order valence-corrected chi connectivity index (χ3v) is 1.89. The standard InChI is InChI=1S/C12H18N2O2/c1-12(2,3)16-10-7-8(13)5-6-9(10)11(15)14-4/h5-7H,13H2,1-4H3,(H,14,15). The number of anilines is 1. The molecular formula is C12H18N2O2. The van der Waals surface area contributed by atoms with Crippen LogP contribution >= 0.6 is 0 Å². The van der Waals surface area contributed by atoms with Gasteiger partial charge in [-0.2, -0.15) is 0 Å². The summed E-state index contributed by atoms with van der Waals surface area (Å²) in [6.07, 6.45) is 0. The van der Waals surface area contributed by atoms with E-state index in [2.05, 4.69) is 5.32 Å². The largest absolute Gasteiger partial charge is 0.487 e. The highest BCUT2D eigenvalue weighted by Crippen LogP contribution is 2.25. The van der Waals surface area contributed by atoms with Gasteiger partial charge in [-0.1, -0.05) is 0 Å². The molecule has 0 fully saturated rings. The molecule has 0 saturated heterocycles. The number of ether oxygens (including phenoxy) is 1. The number of nitrogen functional groups attached to an aromatic ring is 1. The molecule has 0 aromatic heterocycles. The van der Waals surface area contributed by atoms with Gasteiger partial charge in [0.25, 0.3) is 5.91 Å². The third-order valence-electron chi connectivity index (χ3n) is 1.89. The van der Waals surface area contributed by atoms with Crippen molar-refractivity contribution in [2.24, 2.45) is 0 Å². The Labute approximate surface area is 95.8 Å². The Morgan fingerprint density at radius 1 is 1.38 bits per heavy atom. The topological polar surface area (TPSA) is 64.4 Å². The van der Waals surface area contributed by atoms with E-state index in [-0.39, 0.29) is 11.5 Å². The molecule has 0 aliphatic rings. The second-order valence-corrected chi connectivity index (χ2v) is 4.55. The summed E-state index contributed by atoms with van der Waals surface area (Å²) < 4.78 is 5.70. The van der Waals surface area contributed by atoms with Gasteiger partial charge in [-0.15, -0.1) is 0 Å². The van der Waals surface area contributed by atoms with Crippen molar-refractivity contribution in [2.45, 2.75) is 26.4 Å². The van der Waals surface area contributed by atoms with Crippen molar-refractivity contribution in [2.75, 3.05) is 12.8 Å². The van der Waals surface area contributed by atoms with Gasteiger partial charge in [0.15, 0.2) is 0 Å². The van der Waals surface area contributed by atoms with Crippen LogP contribution in [0.1, 0.15) is 31.1 Å². The predicted octanol–water partition coefficient (Wildman–Crippen LogP) is 1.81. The first-order valence-electron chi connectivity index (χ1n) is 5.14. The van der Waals surface area contributed by atoms with Crippen molar-refractivity contribution in [3.63, 3.8) is 0 Å². The first-order chi connectivity index (χ1) is 7.33. The summed E-state index contributed by atoms with van der Waals surface area (Å²) in [6.45, 7) is 5.76. The summed E-state index contributed by atoms with van der Waals surface area (Å²) in [5, 5.41) is 2.57. The number of carbonyl (C=O) groups excluding carboxylic acids is 1. The van der Waals surface area contributed by atoms with Crippen molar-refractivity contribution in [1.29, 1.82) is 0 Å². The summed E-state index contributed by atoms with van der Waals surface area (Å²) in [6, 6.07) is 5.01. The molecule has 4 heteroatoms. The second-order valence-electron chi connectivity index (χ2n) is 4.55. The monoisotopic (exact) mass is 222 g/mol. The highest BCUT2D eigenvalue weighted by molar-refractivity contribution is 5.97. The zero-order chi connectivity index (χ0) is 12.3. The SMILES string of the molecule is CNC(=O)c1ccc(N)cc1OC(C)(C)C. The number of benzene rings is 1. The number of nitrogens with two attached hydrogens (primary N) is 1. The Balaban J connectivity index is 3.13. The van der Waals surface area contributed by atoms with Gasteiger partial charge in [0.1, 0.15) is 11.4 Å². The van der Waals surface area contributed by atoms with Gasteiger partial charge < -0.3 is 15.8 Å². The molecule has 1 rings (SSSR count). The highest BCUT2D eigenvalue weighted by Gasteiger charge is 2.17. The molecule has 4 nitrogen and oxygen atoms in total. The van der Waals surface area contributed by atoms with Crippen LogP contribution < -0.4 is 15.8 Å². The van der Waals surface area contributed by atoms with E-state index in [0.29, 0.717) is 17.0 Å². The van der Waals surface area contributed by atoms with E-state index < -0.39 is 0 Å². The Morgan fingerprint density at radius 3 is 2.50 bits per heavy atom. The number of carbonyl (C=O) groups is 1. The summed E-state index contributed by atoms with van der Waals surface area (Å²) in [5.74, 6) is 0.325. The molecule has 1 aromatic carbocycles. The Morgan fingerprint density at radius 2 is 2.00 bits per heavy atom. The van der Waals surface area contributed by atoms with E-state index in [1.54, 1.807) is 25.2 Å². The zero-order valence-electron chi connectivity index (χ0n) is 10.1. The van der Waals surface area contributed by atoms with Gasteiger partial charge in [0.2, 0.25) is 0 Å². The molecule has 0 aliphatic heterocycles. The molecule has 0 unspecified atom stereocenters. The zero-order valence-corrected chi connectivity index (χ0v) is 10.1. The molecular weight excluding hydrogens is 204 g/mol. The van der Waals surface area contributed by atoms with Crippen LogP contribution in [-0.2, 0) is 0 Å². The molecule has 0 atom stereocenters. The Kier molecular flexibility index (Phi) is 3.42. The molecule has 1 amide bonds. The van der Waals surface area contributed by atoms with Crippen molar-refractivity contribution in [3.05, 3.63) is 23.8 Å². The van der Waals surface area contributed by atoms with Crippen LogP contribution in [0.5, 0.6) is 5.75 Å². The van der Waals surface area contributed by atoms with Crippen LogP contribution in [0.4, 0.5) is 5.69 Å². The number of rotatable bonds is 2. The number of amides is 1. The second kappa shape index (κ2) is 4.43. The van der Waals surface area contributed by atoms with E-state index in [1.807, 2.05) is 20.8 Å². The number of nitrogens with one attached hydrogen (secondary N) is 1. The van der Waals surface area contributed by atoms with Crippen LogP contribution in [0.15, 0.2) is 18.2 Å². The molecule has 16 heavy (non-hydrogen) atoms. The molecule has 88 valence electrons. The minimum Gasteiger partial charge on any atom is -0.487 e. The predicted molar refractivity (Wildman–Crippen MR) is 64.6 cm³/mol. The molecule has 0 aliphatic carbocycles. The quantitative estimate of drug-likeness (QED) is 0.750. The molecule has 3 N–H and O–H groups in total. The van der Waals surface area contributed by atoms with Crippen molar-refractivity contribution >= 4 is 11.6 Å². The average Bonchev–Trinajstić information content (AvgIpc) is 2.14. The first-order valence-corrected chi connectivity index (χ1v) is 5.14. The van der Waals surface area contributed by atoms with Crippen LogP contribution in [0.2, 0.25) is 0 Å². The first kappa shape index (κ1) is 12.4. The summed E-state index contributed by atoms with van der Waals surface area (Å²) in [4.78, 5) is 11.6. The van der Waals surface area contributed by atoms with E-state index in [1.165, 1.54) is 0 Å². The minimum absolute atomic E-state index is 0.181. The normalized spacial score (nSPS) is 11.0. The molecule has 0 spiro atoms. The summed E-state index contributed by atoms with van der Waals surface area (Å²) in [7, 11) is 1.58. The van der Waals surface area contributed by atoms with E-state index in [4.69, 9.17) is 10.5 Å². The van der Waals surface area contributed by atoms with E-state index in [0.717, 1.165) is 0 Å². The Hall–Kier alpha value is -1.71. The fourth-order valence-electron chi connectivity index (χ4n) is 1.28. The lowest BCUT2D eigenvalue weighted by molar-refractivity contribution is 0.0942. The lowest BCUT2D eigenvalue weighted by atomic mass is 10.1. The third kappa shape index (κ3) is 3.15. The van der Waals surface area contributed by atoms with Crippen LogP contribution in [-0.4, -0.2) is 18.6 Å². The van der Waals surface area contributed by atoms with Crippen LogP contribution in [0.25, 0.3) is 0 Å². The minimum atomic E-state index is -0.365. The lowest BCUT2D eigenvalue weighted by Gasteiger charge is -2.23. The molecule has 0 radical (unpaired) electrons. The van der Waals surface area contributed by atoms with Gasteiger partial charge in [-0.3, -0.25) is 4.79 Å². The lowest BCUT2D eigenvalue weighted by Crippen LogP contribution is -2.26. The average molecular weight is 222 g/mol. The fraction of sp³-hybridized carbons (Fsp3) is 0.417. The fourth-order valence-corrected chi connectivity index (χ4v) is 1.28. The maximum Gasteiger partial charge on any atom is 0.254 e. The van der Waals surface area contributed by atoms with Crippen molar-refractivity contribution in [3.8, 4) is 5.75 Å². The summed E-state index contributed by atoms with van der Waals surface area (Å²) >= 11 is 0. The summed E-state index contributed by atoms with van der Waals surface area (Å²) in [5.41, 5.74) is 6.38. The van der Waals surface area contributed by atoms with Gasteiger partial charge in [0, 0.05) is 18.8 Å². The molecule has 0 saturated carbocycles. The smallest absolute Gasteiger partial charge is 0.254 e. The van der Waals surface area contributed by atoms with Gasteiger partial charge in [-0.25, -0.2) is 0 Å². The van der Waals surface area contributed by atoms with E-state index >= 15 is 0 Å². The molecule has 0 bridgehead atoms. The maximum absolute atomic E-state index is 11.6. The molecule has 0 heterocycles. The Bertz CT molecular complexity index is 394. The molecule has 1 aromatic rings. The highest BCUT2D eigenvalue weighted by atomic mass is 16.5. The maximum atomic E-state index is 11.6. The number of hydrogen-bond acceptors (Lipinski definition) is 3. The van der Waals surface area contributed by atoms with E-state index in [9.17, 15) is 4.79 Å². The van der Waals surface area contributed by atoms with Crippen molar-refractivity contribution in [1.82, 2.24) is 5.32 Å². The van der Waals surface area contributed by atoms with Crippen LogP contribution in [0.3, 0.4) is 0 Å². The van der Waals surface area contributed by atoms with Gasteiger partial charge in [-0.05, 0) is 32.9 Å². The van der Waals surface area contributed by atoms with Crippen LogP contribution in [0, 0.1) is 0 Å². The number of hydrogen-bond donors (Lipinski definition) is 2.